The summed E-state index contributed by atoms with van der Waals surface area (Å²) in [5.74, 6) is -0.103. The molecule has 0 spiro atoms. The second-order valence-electron chi connectivity index (χ2n) is 6.75. The lowest BCUT2D eigenvalue weighted by molar-refractivity contribution is 0.0724. The number of nitrogens with zero attached hydrogens (tertiary/aromatic N) is 1. The second-order valence-corrected chi connectivity index (χ2v) is 8.44. The fraction of sp³-hybridized carbons (Fsp3) is 0.350. The number of hydrogen-bond donors (Lipinski definition) is 1. The van der Waals surface area contributed by atoms with Crippen LogP contribution in [0.1, 0.15) is 40.7 Å². The number of amides is 1. The number of nitrogens with one attached hydrogen (secondary N) is 1. The Morgan fingerprint density at radius 3 is 2.23 bits per heavy atom. The largest absolute Gasteiger partial charge is 0.339 e. The van der Waals surface area contributed by atoms with Crippen molar-refractivity contribution in [1.29, 1.82) is 0 Å². The molecule has 5 nitrogen and oxygen atoms in total. The van der Waals surface area contributed by atoms with Gasteiger partial charge in [0.05, 0.1) is 10.6 Å². The van der Waals surface area contributed by atoms with Crippen LogP contribution in [-0.4, -0.2) is 32.3 Å². The molecule has 138 valence electrons. The minimum atomic E-state index is -3.77. The summed E-state index contributed by atoms with van der Waals surface area (Å²) < 4.78 is 28.3. The minimum absolute atomic E-state index is 0.100. The molecule has 1 fully saturated rings. The molecule has 1 aliphatic rings. The van der Waals surface area contributed by atoms with Gasteiger partial charge in [0.25, 0.3) is 15.9 Å². The summed E-state index contributed by atoms with van der Waals surface area (Å²) in [7, 11) is -3.77. The molecular weight excluding hydrogens is 348 g/mol. The van der Waals surface area contributed by atoms with Gasteiger partial charge in [-0.05, 0) is 62.4 Å². The van der Waals surface area contributed by atoms with Crippen molar-refractivity contribution >= 4 is 21.6 Å². The molecule has 2 aromatic carbocycles. The molecule has 2 aromatic rings. The van der Waals surface area contributed by atoms with E-state index in [0.717, 1.165) is 43.5 Å². The first-order valence-corrected chi connectivity index (χ1v) is 10.4. The van der Waals surface area contributed by atoms with E-state index in [1.165, 1.54) is 12.1 Å². The van der Waals surface area contributed by atoms with Crippen LogP contribution in [0.5, 0.6) is 0 Å². The standard InChI is InChI=1S/C20H24N2O3S/c1-15-8-6-9-16(2)19(15)21-26(24,25)18-11-7-10-17(14-18)20(23)22-12-4-3-5-13-22/h6-11,14,21H,3-5,12-13H2,1-2H3. The van der Waals surface area contributed by atoms with Crippen LogP contribution in [0.15, 0.2) is 47.4 Å². The van der Waals surface area contributed by atoms with Gasteiger partial charge in [-0.15, -0.1) is 0 Å². The molecule has 1 amide bonds. The first kappa shape index (κ1) is 18.5. The fourth-order valence-corrected chi connectivity index (χ4v) is 4.49. The van der Waals surface area contributed by atoms with E-state index in [0.29, 0.717) is 11.3 Å². The zero-order valence-corrected chi connectivity index (χ0v) is 16.0. The Hall–Kier alpha value is -2.34. The maximum absolute atomic E-state index is 12.8. The van der Waals surface area contributed by atoms with Crippen molar-refractivity contribution in [2.24, 2.45) is 0 Å². The van der Waals surface area contributed by atoms with Crippen molar-refractivity contribution in [2.75, 3.05) is 17.8 Å². The van der Waals surface area contributed by atoms with Crippen molar-refractivity contribution in [2.45, 2.75) is 38.0 Å². The van der Waals surface area contributed by atoms with Crippen LogP contribution in [0.25, 0.3) is 0 Å². The van der Waals surface area contributed by atoms with Crippen molar-refractivity contribution < 1.29 is 13.2 Å². The smallest absolute Gasteiger partial charge is 0.261 e. The van der Waals surface area contributed by atoms with Gasteiger partial charge >= 0.3 is 0 Å². The average Bonchev–Trinajstić information content (AvgIpc) is 2.65. The van der Waals surface area contributed by atoms with E-state index in [-0.39, 0.29) is 10.8 Å². The second kappa shape index (κ2) is 7.50. The molecule has 26 heavy (non-hydrogen) atoms. The van der Waals surface area contributed by atoms with Gasteiger partial charge in [-0.2, -0.15) is 0 Å². The highest BCUT2D eigenvalue weighted by atomic mass is 32.2. The lowest BCUT2D eigenvalue weighted by Gasteiger charge is -2.26. The highest BCUT2D eigenvalue weighted by Crippen LogP contribution is 2.24. The summed E-state index contributed by atoms with van der Waals surface area (Å²) in [6, 6.07) is 11.9. The van der Waals surface area contributed by atoms with E-state index in [9.17, 15) is 13.2 Å². The summed E-state index contributed by atoms with van der Waals surface area (Å²) in [6.45, 7) is 5.19. The van der Waals surface area contributed by atoms with E-state index >= 15 is 0 Å². The van der Waals surface area contributed by atoms with Crippen molar-refractivity contribution in [1.82, 2.24) is 4.90 Å². The maximum atomic E-state index is 12.8. The Labute approximate surface area is 155 Å². The molecule has 0 atom stereocenters. The van der Waals surface area contributed by atoms with E-state index in [1.807, 2.05) is 32.0 Å². The van der Waals surface area contributed by atoms with Crippen LogP contribution in [0.4, 0.5) is 5.69 Å². The Balaban J connectivity index is 1.88. The van der Waals surface area contributed by atoms with E-state index in [1.54, 1.807) is 17.0 Å². The zero-order valence-electron chi connectivity index (χ0n) is 15.2. The van der Waals surface area contributed by atoms with Crippen molar-refractivity contribution in [3.05, 3.63) is 59.2 Å². The number of para-hydroxylation sites is 1. The molecule has 0 saturated carbocycles. The third-order valence-electron chi connectivity index (χ3n) is 4.75. The summed E-state index contributed by atoms with van der Waals surface area (Å²) in [5.41, 5.74) is 2.71. The first-order valence-electron chi connectivity index (χ1n) is 8.87. The SMILES string of the molecule is Cc1cccc(C)c1NS(=O)(=O)c1cccc(C(=O)N2CCCCC2)c1. The van der Waals surface area contributed by atoms with Crippen LogP contribution < -0.4 is 4.72 Å². The van der Waals surface area contributed by atoms with Gasteiger partial charge in [0, 0.05) is 18.7 Å². The van der Waals surface area contributed by atoms with Gasteiger partial charge in [0.15, 0.2) is 0 Å². The minimum Gasteiger partial charge on any atom is -0.339 e. The van der Waals surface area contributed by atoms with Crippen LogP contribution in [-0.2, 0) is 10.0 Å². The lowest BCUT2D eigenvalue weighted by Crippen LogP contribution is -2.35. The van der Waals surface area contributed by atoms with Crippen LogP contribution in [0.2, 0.25) is 0 Å². The molecule has 1 heterocycles. The number of sulfonamides is 1. The zero-order chi connectivity index (χ0) is 18.7. The van der Waals surface area contributed by atoms with Crippen LogP contribution in [0, 0.1) is 13.8 Å². The normalized spacial score (nSPS) is 14.9. The van der Waals surface area contributed by atoms with Crippen molar-refractivity contribution in [3.8, 4) is 0 Å². The Kier molecular flexibility index (Phi) is 5.32. The number of anilines is 1. The number of rotatable bonds is 4. The summed E-state index contributed by atoms with van der Waals surface area (Å²) in [5, 5.41) is 0. The molecular formula is C20H24N2O3S. The molecule has 0 bridgehead atoms. The first-order chi connectivity index (χ1) is 12.4. The van der Waals surface area contributed by atoms with Crippen LogP contribution >= 0.6 is 0 Å². The number of hydrogen-bond acceptors (Lipinski definition) is 3. The molecule has 0 radical (unpaired) electrons. The number of carbonyl (C=O) groups is 1. The Bertz CT molecular complexity index is 896. The van der Waals surface area contributed by atoms with E-state index in [4.69, 9.17) is 0 Å². The summed E-state index contributed by atoms with van der Waals surface area (Å²) in [4.78, 5) is 14.6. The molecule has 6 heteroatoms. The fourth-order valence-electron chi connectivity index (χ4n) is 3.24. The summed E-state index contributed by atoms with van der Waals surface area (Å²) in [6.07, 6.45) is 3.13. The van der Waals surface area contributed by atoms with Crippen molar-refractivity contribution in [3.63, 3.8) is 0 Å². The molecule has 1 saturated heterocycles. The summed E-state index contributed by atoms with van der Waals surface area (Å²) >= 11 is 0. The Morgan fingerprint density at radius 1 is 0.962 bits per heavy atom. The van der Waals surface area contributed by atoms with Gasteiger partial charge in [-0.3, -0.25) is 9.52 Å². The third kappa shape index (κ3) is 3.90. The topological polar surface area (TPSA) is 66.5 Å². The predicted octanol–water partition coefficient (Wildman–Crippen LogP) is 3.73. The maximum Gasteiger partial charge on any atom is 0.261 e. The molecule has 1 aliphatic heterocycles. The number of benzene rings is 2. The lowest BCUT2D eigenvalue weighted by atomic mass is 10.1. The van der Waals surface area contributed by atoms with Gasteiger partial charge in [0.1, 0.15) is 0 Å². The number of carbonyl (C=O) groups excluding carboxylic acids is 1. The monoisotopic (exact) mass is 372 g/mol. The molecule has 0 aliphatic carbocycles. The van der Waals surface area contributed by atoms with Gasteiger partial charge in [0.2, 0.25) is 0 Å². The quantitative estimate of drug-likeness (QED) is 0.889. The van der Waals surface area contributed by atoms with Crippen LogP contribution in [0.3, 0.4) is 0 Å². The molecule has 0 unspecified atom stereocenters. The average molecular weight is 372 g/mol. The molecule has 3 rings (SSSR count). The van der Waals surface area contributed by atoms with Gasteiger partial charge in [-0.1, -0.05) is 24.3 Å². The van der Waals surface area contributed by atoms with Gasteiger partial charge < -0.3 is 4.90 Å². The highest BCUT2D eigenvalue weighted by Gasteiger charge is 2.21. The molecule has 0 aromatic heterocycles. The number of piperidine rings is 1. The number of aryl methyl sites for hydroxylation is 2. The predicted molar refractivity (Wildman–Crippen MR) is 103 cm³/mol. The third-order valence-corrected chi connectivity index (χ3v) is 6.10. The highest BCUT2D eigenvalue weighted by molar-refractivity contribution is 7.92. The van der Waals surface area contributed by atoms with Gasteiger partial charge in [-0.25, -0.2) is 8.42 Å². The Morgan fingerprint density at radius 2 is 1.58 bits per heavy atom. The number of likely N-dealkylation sites (tertiary alicyclic amines) is 1. The molecule has 1 N–H and O–H groups in total. The van der Waals surface area contributed by atoms with E-state index < -0.39 is 10.0 Å². The van der Waals surface area contributed by atoms with E-state index in [2.05, 4.69) is 4.72 Å².